The number of hydrogen-bond donors (Lipinski definition) is 2. The minimum Gasteiger partial charge on any atom is -0.489 e. The molecule has 0 saturated carbocycles. The van der Waals surface area contributed by atoms with Gasteiger partial charge in [0.25, 0.3) is 0 Å². The average Bonchev–Trinajstić information content (AvgIpc) is 2.86. The number of ether oxygens (including phenoxy) is 2. The number of benzene rings is 3. The monoisotopic (exact) mass is 488 g/mol. The van der Waals surface area contributed by atoms with E-state index in [-0.39, 0.29) is 18.1 Å². The summed E-state index contributed by atoms with van der Waals surface area (Å²) in [5.74, 6) is 0.211. The van der Waals surface area contributed by atoms with E-state index in [1.165, 1.54) is 16.3 Å². The number of carbonyl (C=O) groups is 1. The van der Waals surface area contributed by atoms with Gasteiger partial charge < -0.3 is 19.9 Å². The Morgan fingerprint density at radius 1 is 1.11 bits per heavy atom. The fraction of sp³-hybridized carbons (Fsp3) is 0.400. The second-order valence-corrected chi connectivity index (χ2v) is 9.65. The van der Waals surface area contributed by atoms with Gasteiger partial charge in [-0.2, -0.15) is 5.26 Å². The highest BCUT2D eigenvalue weighted by Crippen LogP contribution is 2.24. The lowest BCUT2D eigenvalue weighted by atomic mass is 9.93. The van der Waals surface area contributed by atoms with Crippen LogP contribution in [0, 0.1) is 11.3 Å². The van der Waals surface area contributed by atoms with E-state index in [1.54, 1.807) is 13.0 Å². The van der Waals surface area contributed by atoms with Gasteiger partial charge >= 0.3 is 5.97 Å². The summed E-state index contributed by atoms with van der Waals surface area (Å²) >= 11 is 0. The summed E-state index contributed by atoms with van der Waals surface area (Å²) in [4.78, 5) is 11.6. The maximum absolute atomic E-state index is 11.6. The molecule has 0 radical (unpaired) electrons. The van der Waals surface area contributed by atoms with Gasteiger partial charge in [-0.1, -0.05) is 54.6 Å². The van der Waals surface area contributed by atoms with E-state index < -0.39 is 6.10 Å². The van der Waals surface area contributed by atoms with Gasteiger partial charge in [0.1, 0.15) is 24.5 Å². The van der Waals surface area contributed by atoms with Crippen LogP contribution >= 0.6 is 0 Å². The maximum Gasteiger partial charge on any atom is 0.305 e. The van der Waals surface area contributed by atoms with Crippen molar-refractivity contribution in [2.45, 2.75) is 58.1 Å². The zero-order chi connectivity index (χ0) is 26.0. The molecule has 2 N–H and O–H groups in total. The lowest BCUT2D eigenvalue weighted by Gasteiger charge is -2.28. The molecular formula is C30H36N2O4. The van der Waals surface area contributed by atoms with E-state index in [2.05, 4.69) is 55.6 Å². The Bertz CT molecular complexity index is 1200. The van der Waals surface area contributed by atoms with E-state index in [1.807, 2.05) is 24.3 Å². The molecule has 3 aromatic rings. The molecule has 3 aromatic carbocycles. The number of fused-ring (bicyclic) bond motifs is 1. The van der Waals surface area contributed by atoms with Gasteiger partial charge in [-0.25, -0.2) is 0 Å². The number of nitrogens with zero attached hydrogens (tertiary/aromatic N) is 1. The molecule has 0 aromatic heterocycles. The van der Waals surface area contributed by atoms with E-state index in [4.69, 9.17) is 9.47 Å². The highest BCUT2D eigenvalue weighted by molar-refractivity contribution is 5.83. The van der Waals surface area contributed by atoms with Crippen molar-refractivity contribution in [1.29, 1.82) is 5.26 Å². The summed E-state index contributed by atoms with van der Waals surface area (Å²) in [6.07, 6.45) is 1.56. The van der Waals surface area contributed by atoms with Gasteiger partial charge in [0, 0.05) is 18.5 Å². The largest absolute Gasteiger partial charge is 0.489 e. The van der Waals surface area contributed by atoms with Crippen molar-refractivity contribution in [3.63, 3.8) is 0 Å². The number of β-amino-alcohol motifs (C(OH)–C–C–N with tert-alkyl or cyclic N) is 1. The van der Waals surface area contributed by atoms with Crippen molar-refractivity contribution in [3.05, 3.63) is 77.4 Å². The smallest absolute Gasteiger partial charge is 0.305 e. The summed E-state index contributed by atoms with van der Waals surface area (Å²) in [6, 6.07) is 22.4. The number of nitriles is 1. The highest BCUT2D eigenvalue weighted by Gasteiger charge is 2.20. The summed E-state index contributed by atoms with van der Waals surface area (Å²) in [5.41, 5.74) is 2.28. The Morgan fingerprint density at radius 2 is 1.89 bits per heavy atom. The Labute approximate surface area is 213 Å². The van der Waals surface area contributed by atoms with Crippen LogP contribution in [0.5, 0.6) is 5.75 Å². The highest BCUT2D eigenvalue weighted by atomic mass is 16.5. The normalized spacial score (nSPS) is 12.2. The van der Waals surface area contributed by atoms with Crippen LogP contribution in [0.15, 0.2) is 60.7 Å². The third-order valence-electron chi connectivity index (χ3n) is 6.06. The van der Waals surface area contributed by atoms with Crippen molar-refractivity contribution in [3.8, 4) is 11.8 Å². The lowest BCUT2D eigenvalue weighted by molar-refractivity contribution is -0.143. The predicted octanol–water partition coefficient (Wildman–Crippen LogP) is 4.95. The Morgan fingerprint density at radius 3 is 2.64 bits per heavy atom. The van der Waals surface area contributed by atoms with Gasteiger partial charge in [0.15, 0.2) is 0 Å². The summed E-state index contributed by atoms with van der Waals surface area (Å²) < 4.78 is 10.8. The summed E-state index contributed by atoms with van der Waals surface area (Å²) in [5, 5.41) is 26.1. The fourth-order valence-electron chi connectivity index (χ4n) is 4.25. The van der Waals surface area contributed by atoms with Gasteiger partial charge in [-0.15, -0.1) is 0 Å². The van der Waals surface area contributed by atoms with Gasteiger partial charge in [-0.05, 0) is 68.0 Å². The Balaban J connectivity index is 1.50. The predicted molar refractivity (Wildman–Crippen MR) is 142 cm³/mol. The molecule has 36 heavy (non-hydrogen) atoms. The van der Waals surface area contributed by atoms with Gasteiger partial charge in [-0.3, -0.25) is 4.79 Å². The van der Waals surface area contributed by atoms with Gasteiger partial charge in [0.05, 0.1) is 12.2 Å². The molecule has 0 amide bonds. The third kappa shape index (κ3) is 8.08. The van der Waals surface area contributed by atoms with Crippen molar-refractivity contribution < 1.29 is 19.4 Å². The zero-order valence-electron chi connectivity index (χ0n) is 21.4. The van der Waals surface area contributed by atoms with Crippen LogP contribution < -0.4 is 10.1 Å². The molecule has 190 valence electrons. The number of aliphatic hydroxyl groups is 1. The molecule has 6 heteroatoms. The minimum absolute atomic E-state index is 0.0695. The lowest BCUT2D eigenvalue weighted by Crippen LogP contribution is -2.46. The topological polar surface area (TPSA) is 91.6 Å². The van der Waals surface area contributed by atoms with Crippen LogP contribution in [0.25, 0.3) is 10.8 Å². The molecule has 1 atom stereocenters. The van der Waals surface area contributed by atoms with Crippen LogP contribution in [-0.4, -0.2) is 42.5 Å². The molecule has 0 aliphatic heterocycles. The molecule has 1 unspecified atom stereocenters. The Hall–Kier alpha value is -3.40. The number of aliphatic hydroxyl groups excluding tert-OH is 1. The van der Waals surface area contributed by atoms with Crippen LogP contribution in [-0.2, 0) is 22.4 Å². The standard InChI is InChI=1S/C30H36N2O4/c1-4-35-29(34)14-8-12-24-11-7-13-28(27(24)19-31)36-21-26(33)20-32-30(2,3)18-22-15-16-23-9-5-6-10-25(23)17-22/h5-7,9-11,13,15-17,26,32-33H,4,8,12,14,18,20-21H2,1-3H3. The molecule has 0 heterocycles. The molecule has 3 rings (SSSR count). The first-order valence-electron chi connectivity index (χ1n) is 12.5. The maximum atomic E-state index is 11.6. The SMILES string of the molecule is CCOC(=O)CCCc1cccc(OCC(O)CNC(C)(C)Cc2ccc3ccccc3c2)c1C#N. The third-order valence-corrected chi connectivity index (χ3v) is 6.06. The second kappa shape index (κ2) is 13.1. The fourth-order valence-corrected chi connectivity index (χ4v) is 4.25. The number of hydrogen-bond acceptors (Lipinski definition) is 6. The van der Waals surface area contributed by atoms with Crippen molar-refractivity contribution in [1.82, 2.24) is 5.32 Å². The van der Waals surface area contributed by atoms with Crippen LogP contribution in [0.4, 0.5) is 0 Å². The number of carbonyl (C=O) groups excluding carboxylic acids is 1. The van der Waals surface area contributed by atoms with Gasteiger partial charge in [0.2, 0.25) is 0 Å². The minimum atomic E-state index is -0.736. The van der Waals surface area contributed by atoms with Crippen molar-refractivity contribution in [2.24, 2.45) is 0 Å². The van der Waals surface area contributed by atoms with Crippen molar-refractivity contribution in [2.75, 3.05) is 19.8 Å². The molecule has 0 bridgehead atoms. The number of esters is 1. The van der Waals surface area contributed by atoms with Crippen LogP contribution in [0.1, 0.15) is 50.3 Å². The molecule has 0 fully saturated rings. The van der Waals surface area contributed by atoms with Crippen molar-refractivity contribution >= 4 is 16.7 Å². The summed E-state index contributed by atoms with van der Waals surface area (Å²) in [6.45, 7) is 6.81. The number of aryl methyl sites for hydroxylation is 1. The van der Waals surface area contributed by atoms with E-state index >= 15 is 0 Å². The molecular weight excluding hydrogens is 452 g/mol. The average molecular weight is 489 g/mol. The van der Waals surface area contributed by atoms with E-state index in [0.29, 0.717) is 43.7 Å². The van der Waals surface area contributed by atoms with Crippen LogP contribution in [0.2, 0.25) is 0 Å². The molecule has 0 aliphatic rings. The second-order valence-electron chi connectivity index (χ2n) is 9.65. The first kappa shape index (κ1) is 27.2. The van der Waals surface area contributed by atoms with E-state index in [0.717, 1.165) is 12.0 Å². The van der Waals surface area contributed by atoms with Crippen LogP contribution in [0.3, 0.4) is 0 Å². The number of nitrogens with one attached hydrogen (secondary N) is 1. The molecule has 0 spiro atoms. The number of rotatable bonds is 13. The summed E-state index contributed by atoms with van der Waals surface area (Å²) in [7, 11) is 0. The Kier molecular flexibility index (Phi) is 9.86. The molecule has 0 aliphatic carbocycles. The molecule has 6 nitrogen and oxygen atoms in total. The first-order chi connectivity index (χ1) is 17.3. The molecule has 0 saturated heterocycles. The van der Waals surface area contributed by atoms with E-state index in [9.17, 15) is 15.2 Å². The first-order valence-corrected chi connectivity index (χ1v) is 12.5. The quantitative estimate of drug-likeness (QED) is 0.331. The zero-order valence-corrected chi connectivity index (χ0v) is 21.4.